The molecule has 4 rings (SSSR count). The van der Waals surface area contributed by atoms with Gasteiger partial charge in [-0.3, -0.25) is 0 Å². The first-order valence-electron chi connectivity index (χ1n) is 9.54. The second-order valence-electron chi connectivity index (χ2n) is 6.88. The number of carbonyl (C=O) groups is 1. The Hall–Kier alpha value is -4.34. The van der Waals surface area contributed by atoms with Crippen LogP contribution in [0.5, 0.6) is 11.6 Å². The van der Waals surface area contributed by atoms with E-state index in [1.807, 2.05) is 19.9 Å². The number of nitrogens with zero attached hydrogens (tertiary/aromatic N) is 4. The molecule has 0 aliphatic rings. The van der Waals surface area contributed by atoms with Gasteiger partial charge in [0, 0.05) is 23.5 Å². The van der Waals surface area contributed by atoms with Crippen molar-refractivity contribution >= 4 is 17.4 Å². The molecular weight excluding hydrogens is 418 g/mol. The number of ether oxygens (including phenoxy) is 1. The average Bonchev–Trinajstić information content (AvgIpc) is 3.10. The molecule has 0 saturated heterocycles. The van der Waals surface area contributed by atoms with E-state index in [-0.39, 0.29) is 5.69 Å². The summed E-state index contributed by atoms with van der Waals surface area (Å²) in [5, 5.41) is 9.18. The molecule has 2 heterocycles. The van der Waals surface area contributed by atoms with Crippen LogP contribution in [0.1, 0.15) is 11.4 Å². The first-order valence-corrected chi connectivity index (χ1v) is 9.54. The molecule has 2 aromatic heterocycles. The Morgan fingerprint density at radius 1 is 0.969 bits per heavy atom. The van der Waals surface area contributed by atoms with E-state index >= 15 is 0 Å². The Kier molecular flexibility index (Phi) is 5.75. The van der Waals surface area contributed by atoms with Gasteiger partial charge in [-0.15, -0.1) is 0 Å². The van der Waals surface area contributed by atoms with Gasteiger partial charge in [-0.25, -0.2) is 28.2 Å². The number of anilines is 2. The summed E-state index contributed by atoms with van der Waals surface area (Å²) in [7, 11) is 0. The number of halogens is 2. The van der Waals surface area contributed by atoms with Crippen molar-refractivity contribution < 1.29 is 18.3 Å². The molecule has 10 heteroatoms. The average molecular weight is 436 g/mol. The monoisotopic (exact) mass is 436 g/mol. The fraction of sp³-hybridized carbons (Fsp3) is 0.0909. The first-order chi connectivity index (χ1) is 15.4. The number of urea groups is 1. The summed E-state index contributed by atoms with van der Waals surface area (Å²) in [4.78, 5) is 20.4. The van der Waals surface area contributed by atoms with Crippen LogP contribution in [-0.2, 0) is 0 Å². The molecule has 0 unspecified atom stereocenters. The normalized spacial score (nSPS) is 10.6. The summed E-state index contributed by atoms with van der Waals surface area (Å²) < 4.78 is 34.3. The van der Waals surface area contributed by atoms with Crippen molar-refractivity contribution in [3.05, 3.63) is 83.9 Å². The lowest BCUT2D eigenvalue weighted by atomic mass is 10.3. The number of amides is 2. The van der Waals surface area contributed by atoms with Gasteiger partial charge in [0.2, 0.25) is 5.88 Å². The Labute approximate surface area is 181 Å². The van der Waals surface area contributed by atoms with Gasteiger partial charge in [0.05, 0.1) is 11.4 Å². The van der Waals surface area contributed by atoms with E-state index in [1.165, 1.54) is 6.33 Å². The molecule has 0 atom stereocenters. The summed E-state index contributed by atoms with van der Waals surface area (Å²) in [6, 6.07) is 12.1. The van der Waals surface area contributed by atoms with Crippen LogP contribution in [0.4, 0.5) is 25.0 Å². The standard InChI is InChI=1S/C22H18F2N6O2/c1-13-9-14(2)30(29-13)20-11-21(26-12-25-20)32-17-6-4-16(5-7-17)27-22(31)28-19-10-15(23)3-8-18(19)24/h3-12H,1-2H3,(H2,27,28,31). The van der Waals surface area contributed by atoms with Gasteiger partial charge in [-0.2, -0.15) is 5.10 Å². The molecule has 162 valence electrons. The Morgan fingerprint density at radius 2 is 1.75 bits per heavy atom. The molecular formula is C22H18F2N6O2. The summed E-state index contributed by atoms with van der Waals surface area (Å²) in [5.41, 5.74) is 1.97. The zero-order valence-corrected chi connectivity index (χ0v) is 17.1. The van der Waals surface area contributed by atoms with E-state index in [0.717, 1.165) is 29.6 Å². The van der Waals surface area contributed by atoms with Gasteiger partial charge < -0.3 is 15.4 Å². The van der Waals surface area contributed by atoms with Crippen molar-refractivity contribution in [2.75, 3.05) is 10.6 Å². The predicted molar refractivity (Wildman–Crippen MR) is 114 cm³/mol. The largest absolute Gasteiger partial charge is 0.439 e. The number of carbonyl (C=O) groups excluding carboxylic acids is 1. The number of hydrogen-bond donors (Lipinski definition) is 2. The quantitative estimate of drug-likeness (QED) is 0.460. The smallest absolute Gasteiger partial charge is 0.323 e. The molecule has 0 bridgehead atoms. The van der Waals surface area contributed by atoms with Crippen LogP contribution in [0, 0.1) is 25.5 Å². The fourth-order valence-corrected chi connectivity index (χ4v) is 2.97. The van der Waals surface area contributed by atoms with Gasteiger partial charge in [0.15, 0.2) is 5.82 Å². The zero-order chi connectivity index (χ0) is 22.7. The van der Waals surface area contributed by atoms with Crippen molar-refractivity contribution in [2.24, 2.45) is 0 Å². The Morgan fingerprint density at radius 3 is 2.47 bits per heavy atom. The lowest BCUT2D eigenvalue weighted by molar-refractivity contribution is 0.262. The summed E-state index contributed by atoms with van der Waals surface area (Å²) in [5.74, 6) is -0.0307. The van der Waals surface area contributed by atoms with Gasteiger partial charge >= 0.3 is 6.03 Å². The van der Waals surface area contributed by atoms with E-state index in [0.29, 0.717) is 23.1 Å². The second-order valence-corrected chi connectivity index (χ2v) is 6.88. The number of rotatable bonds is 5. The van der Waals surface area contributed by atoms with Crippen molar-refractivity contribution in [2.45, 2.75) is 13.8 Å². The lowest BCUT2D eigenvalue weighted by Gasteiger charge is -2.10. The summed E-state index contributed by atoms with van der Waals surface area (Å²) >= 11 is 0. The van der Waals surface area contributed by atoms with E-state index < -0.39 is 17.7 Å². The number of hydrogen-bond acceptors (Lipinski definition) is 5. The molecule has 0 radical (unpaired) electrons. The van der Waals surface area contributed by atoms with Crippen molar-refractivity contribution in [3.63, 3.8) is 0 Å². The highest BCUT2D eigenvalue weighted by Crippen LogP contribution is 2.23. The van der Waals surface area contributed by atoms with Crippen LogP contribution in [0.2, 0.25) is 0 Å². The van der Waals surface area contributed by atoms with Crippen molar-refractivity contribution in [1.29, 1.82) is 0 Å². The zero-order valence-electron chi connectivity index (χ0n) is 17.1. The van der Waals surface area contributed by atoms with E-state index in [9.17, 15) is 13.6 Å². The molecule has 2 amide bonds. The van der Waals surface area contributed by atoms with Crippen molar-refractivity contribution in [1.82, 2.24) is 19.7 Å². The Bertz CT molecular complexity index is 1270. The van der Waals surface area contributed by atoms with Crippen LogP contribution in [-0.4, -0.2) is 25.8 Å². The highest BCUT2D eigenvalue weighted by atomic mass is 19.1. The van der Waals surface area contributed by atoms with Crippen LogP contribution >= 0.6 is 0 Å². The summed E-state index contributed by atoms with van der Waals surface area (Å²) in [6.45, 7) is 3.82. The first kappa shape index (κ1) is 20.9. The van der Waals surface area contributed by atoms with E-state index in [1.54, 1.807) is 35.0 Å². The predicted octanol–water partition coefficient (Wildman–Crippen LogP) is 4.99. The molecule has 32 heavy (non-hydrogen) atoms. The minimum Gasteiger partial charge on any atom is -0.439 e. The molecule has 0 saturated carbocycles. The van der Waals surface area contributed by atoms with Crippen LogP contribution in [0.25, 0.3) is 5.82 Å². The number of aromatic nitrogens is 4. The van der Waals surface area contributed by atoms with Crippen molar-refractivity contribution in [3.8, 4) is 17.4 Å². The fourth-order valence-electron chi connectivity index (χ4n) is 2.97. The van der Waals surface area contributed by atoms with Gasteiger partial charge in [-0.05, 0) is 56.3 Å². The number of nitrogens with one attached hydrogen (secondary N) is 2. The summed E-state index contributed by atoms with van der Waals surface area (Å²) in [6.07, 6.45) is 1.38. The number of aryl methyl sites for hydroxylation is 2. The minimum atomic E-state index is -0.741. The minimum absolute atomic E-state index is 0.260. The van der Waals surface area contributed by atoms with Gasteiger partial charge in [0.25, 0.3) is 0 Å². The third kappa shape index (κ3) is 4.86. The topological polar surface area (TPSA) is 94.0 Å². The van der Waals surface area contributed by atoms with Gasteiger partial charge in [0.1, 0.15) is 23.7 Å². The van der Waals surface area contributed by atoms with Crippen LogP contribution in [0.15, 0.2) is 60.9 Å². The highest BCUT2D eigenvalue weighted by molar-refractivity contribution is 5.99. The van der Waals surface area contributed by atoms with E-state index in [2.05, 4.69) is 25.7 Å². The third-order valence-corrected chi connectivity index (χ3v) is 4.37. The molecule has 0 fully saturated rings. The van der Waals surface area contributed by atoms with Gasteiger partial charge in [-0.1, -0.05) is 0 Å². The maximum atomic E-state index is 13.6. The molecule has 2 aromatic carbocycles. The molecule has 0 aliphatic heterocycles. The third-order valence-electron chi connectivity index (χ3n) is 4.37. The SMILES string of the molecule is Cc1cc(C)n(-c2cc(Oc3ccc(NC(=O)Nc4cc(F)ccc4F)cc3)ncn2)n1. The van der Waals surface area contributed by atoms with Crippen LogP contribution in [0.3, 0.4) is 0 Å². The second kappa shape index (κ2) is 8.80. The Balaban J connectivity index is 1.41. The molecule has 0 aliphatic carbocycles. The van der Waals surface area contributed by atoms with Crippen LogP contribution < -0.4 is 15.4 Å². The van der Waals surface area contributed by atoms with E-state index in [4.69, 9.17) is 4.74 Å². The lowest BCUT2D eigenvalue weighted by Crippen LogP contribution is -2.20. The molecule has 0 spiro atoms. The maximum Gasteiger partial charge on any atom is 0.323 e. The number of benzene rings is 2. The maximum absolute atomic E-state index is 13.6. The highest BCUT2D eigenvalue weighted by Gasteiger charge is 2.10. The molecule has 4 aromatic rings. The molecule has 2 N–H and O–H groups in total. The molecule has 8 nitrogen and oxygen atoms in total.